The number of halogens is 1. The van der Waals surface area contributed by atoms with Crippen LogP contribution in [0.2, 0.25) is 0 Å². The van der Waals surface area contributed by atoms with Gasteiger partial charge in [-0.3, -0.25) is 4.79 Å². The molecule has 1 unspecified atom stereocenters. The number of carbonyl (C=O) groups excluding carboxylic acids is 1. The predicted molar refractivity (Wildman–Crippen MR) is 120 cm³/mol. The number of methoxy groups -OCH3 is 1. The van der Waals surface area contributed by atoms with Crippen LogP contribution < -0.4 is 0 Å². The maximum Gasteiger partial charge on any atom is 0.322 e. The molecule has 0 aromatic carbocycles. The molecule has 3 aliphatic rings. The van der Waals surface area contributed by atoms with E-state index in [0.29, 0.717) is 18.3 Å². The van der Waals surface area contributed by atoms with Gasteiger partial charge in [-0.15, -0.1) is 0 Å². The Kier molecular flexibility index (Phi) is 8.82. The highest BCUT2D eigenvalue weighted by molar-refractivity contribution is 9.10. The Balaban J connectivity index is 1.48. The molecule has 0 aromatic rings. The molecule has 3 rings (SSSR count). The minimum absolute atomic E-state index is 0.0663. The van der Waals surface area contributed by atoms with Crippen molar-refractivity contribution in [3.8, 4) is 0 Å². The van der Waals surface area contributed by atoms with Gasteiger partial charge in [-0.25, -0.2) is 0 Å². The van der Waals surface area contributed by atoms with E-state index in [1.807, 2.05) is 12.2 Å². The number of aliphatic hydroxyl groups excluding tert-OH is 2. The van der Waals surface area contributed by atoms with Crippen molar-refractivity contribution in [1.82, 2.24) is 0 Å². The number of hydrogen-bond donors (Lipinski definition) is 2. The molecule has 0 spiro atoms. The second-order valence-electron chi connectivity index (χ2n) is 9.55. The largest absolute Gasteiger partial charge is 0.468 e. The molecule has 172 valence electrons. The maximum absolute atomic E-state index is 12.4. The zero-order valence-electron chi connectivity index (χ0n) is 18.5. The van der Waals surface area contributed by atoms with E-state index in [-0.39, 0.29) is 30.2 Å². The fourth-order valence-electron chi connectivity index (χ4n) is 5.49. The van der Waals surface area contributed by atoms with E-state index in [1.54, 1.807) is 0 Å². The summed E-state index contributed by atoms with van der Waals surface area (Å²) in [6, 6.07) is 0. The first-order valence-corrected chi connectivity index (χ1v) is 12.7. The SMILES string of the molecule is CCCC[C@@H](O)/C=C/[C@@H]1[C@H]2CC(CCC[C@@](Br)(C(=O)OC)C3CCC3)O[C@@H]2C[C@H]1O. The zero-order valence-corrected chi connectivity index (χ0v) is 20.1. The Hall–Kier alpha value is -0.430. The lowest BCUT2D eigenvalue weighted by atomic mass is 9.73. The minimum Gasteiger partial charge on any atom is -0.468 e. The molecule has 2 aliphatic carbocycles. The quantitative estimate of drug-likeness (QED) is 0.255. The summed E-state index contributed by atoms with van der Waals surface area (Å²) in [6.45, 7) is 2.12. The molecule has 5 nitrogen and oxygen atoms in total. The second kappa shape index (κ2) is 10.9. The van der Waals surface area contributed by atoms with Crippen molar-refractivity contribution in [2.45, 2.75) is 106 Å². The van der Waals surface area contributed by atoms with Gasteiger partial charge in [0.15, 0.2) is 0 Å². The van der Waals surface area contributed by atoms with Crippen LogP contribution in [-0.4, -0.2) is 52.0 Å². The van der Waals surface area contributed by atoms with E-state index in [0.717, 1.165) is 57.8 Å². The van der Waals surface area contributed by atoms with Crippen LogP contribution >= 0.6 is 15.9 Å². The zero-order chi connectivity index (χ0) is 21.7. The normalized spacial score (nSPS) is 34.5. The fourth-order valence-corrected chi connectivity index (χ4v) is 6.39. The summed E-state index contributed by atoms with van der Waals surface area (Å²) in [5.74, 6) is 0.612. The lowest BCUT2D eigenvalue weighted by Gasteiger charge is -2.39. The lowest BCUT2D eigenvalue weighted by Crippen LogP contribution is -2.44. The minimum atomic E-state index is -0.551. The molecule has 7 atom stereocenters. The van der Waals surface area contributed by atoms with E-state index < -0.39 is 10.4 Å². The van der Waals surface area contributed by atoms with Crippen LogP contribution in [0.1, 0.15) is 77.6 Å². The number of carbonyl (C=O) groups is 1. The molecule has 0 aromatic heterocycles. The third-order valence-electron chi connectivity index (χ3n) is 7.54. The van der Waals surface area contributed by atoms with Crippen molar-refractivity contribution >= 4 is 21.9 Å². The standard InChI is InChI=1S/C24H39BrO5/c1-3-4-9-17(26)11-12-19-20-14-18(30-22(20)15-21(19)27)10-6-13-24(25,23(28)29-2)16-7-5-8-16/h11-12,16-22,26-27H,3-10,13-15H2,1-2H3/b12-11+/t17-,18?,19-,20-,21-,22-,24+/m1/s1. The molecular weight excluding hydrogens is 448 g/mol. The van der Waals surface area contributed by atoms with Crippen molar-refractivity contribution in [3.05, 3.63) is 12.2 Å². The van der Waals surface area contributed by atoms with E-state index in [2.05, 4.69) is 22.9 Å². The summed E-state index contributed by atoms with van der Waals surface area (Å²) < 4.78 is 10.8. The topological polar surface area (TPSA) is 76.0 Å². The van der Waals surface area contributed by atoms with Gasteiger partial charge in [-0.05, 0) is 56.8 Å². The monoisotopic (exact) mass is 486 g/mol. The van der Waals surface area contributed by atoms with Crippen LogP contribution in [0.15, 0.2) is 12.2 Å². The van der Waals surface area contributed by atoms with E-state index in [1.165, 1.54) is 13.5 Å². The Morgan fingerprint density at radius 3 is 2.73 bits per heavy atom. The number of hydrogen-bond acceptors (Lipinski definition) is 5. The molecule has 1 heterocycles. The van der Waals surface area contributed by atoms with Crippen molar-refractivity contribution in [2.24, 2.45) is 17.8 Å². The highest BCUT2D eigenvalue weighted by Crippen LogP contribution is 2.47. The van der Waals surface area contributed by atoms with Crippen molar-refractivity contribution in [2.75, 3.05) is 7.11 Å². The average molecular weight is 487 g/mol. The smallest absolute Gasteiger partial charge is 0.322 e. The van der Waals surface area contributed by atoms with Gasteiger partial charge in [-0.1, -0.05) is 54.3 Å². The highest BCUT2D eigenvalue weighted by Gasteiger charge is 2.49. The van der Waals surface area contributed by atoms with Gasteiger partial charge in [0.05, 0.1) is 31.5 Å². The number of unbranched alkanes of at least 4 members (excludes halogenated alkanes) is 1. The molecule has 0 amide bonds. The number of aliphatic hydroxyl groups is 2. The maximum atomic E-state index is 12.4. The number of ether oxygens (including phenoxy) is 2. The summed E-state index contributed by atoms with van der Waals surface area (Å²) in [6.07, 6.45) is 13.8. The van der Waals surface area contributed by atoms with Gasteiger partial charge in [-0.2, -0.15) is 0 Å². The molecule has 6 heteroatoms. The molecule has 1 aliphatic heterocycles. The highest BCUT2D eigenvalue weighted by atomic mass is 79.9. The van der Waals surface area contributed by atoms with Gasteiger partial charge in [0, 0.05) is 12.3 Å². The van der Waals surface area contributed by atoms with Crippen LogP contribution in [0.3, 0.4) is 0 Å². The number of alkyl halides is 1. The number of esters is 1. The van der Waals surface area contributed by atoms with Gasteiger partial charge in [0.1, 0.15) is 4.32 Å². The van der Waals surface area contributed by atoms with Crippen molar-refractivity contribution in [1.29, 1.82) is 0 Å². The van der Waals surface area contributed by atoms with Gasteiger partial charge in [0.25, 0.3) is 0 Å². The Labute approximate surface area is 189 Å². The Morgan fingerprint density at radius 2 is 2.10 bits per heavy atom. The molecule has 1 saturated heterocycles. The second-order valence-corrected chi connectivity index (χ2v) is 11.0. The van der Waals surface area contributed by atoms with Crippen LogP contribution in [0, 0.1) is 17.8 Å². The van der Waals surface area contributed by atoms with Crippen LogP contribution in [0.5, 0.6) is 0 Å². The predicted octanol–water partition coefficient (Wildman–Crippen LogP) is 4.53. The molecule has 30 heavy (non-hydrogen) atoms. The van der Waals surface area contributed by atoms with E-state index in [9.17, 15) is 15.0 Å². The lowest BCUT2D eigenvalue weighted by molar-refractivity contribution is -0.146. The average Bonchev–Trinajstić information content (AvgIpc) is 3.18. The number of fused-ring (bicyclic) bond motifs is 1. The third kappa shape index (κ3) is 5.48. The van der Waals surface area contributed by atoms with E-state index >= 15 is 0 Å². The third-order valence-corrected chi connectivity index (χ3v) is 8.91. The van der Waals surface area contributed by atoms with Crippen molar-refractivity contribution < 1.29 is 24.5 Å². The van der Waals surface area contributed by atoms with Crippen molar-refractivity contribution in [3.63, 3.8) is 0 Å². The van der Waals surface area contributed by atoms with Crippen LogP contribution in [-0.2, 0) is 14.3 Å². The number of rotatable bonds is 11. The first kappa shape index (κ1) is 24.2. The first-order chi connectivity index (χ1) is 14.4. The molecule has 0 radical (unpaired) electrons. The van der Waals surface area contributed by atoms with Crippen LogP contribution in [0.25, 0.3) is 0 Å². The van der Waals surface area contributed by atoms with Gasteiger partial charge >= 0.3 is 5.97 Å². The molecule has 0 bridgehead atoms. The van der Waals surface area contributed by atoms with Gasteiger partial charge in [0.2, 0.25) is 0 Å². The Morgan fingerprint density at radius 1 is 1.33 bits per heavy atom. The van der Waals surface area contributed by atoms with Crippen LogP contribution in [0.4, 0.5) is 0 Å². The summed E-state index contributed by atoms with van der Waals surface area (Å²) >= 11 is 3.73. The summed E-state index contributed by atoms with van der Waals surface area (Å²) in [7, 11) is 1.47. The summed E-state index contributed by atoms with van der Waals surface area (Å²) in [5.41, 5.74) is 0. The first-order valence-electron chi connectivity index (χ1n) is 11.9. The van der Waals surface area contributed by atoms with E-state index in [4.69, 9.17) is 9.47 Å². The van der Waals surface area contributed by atoms with Gasteiger partial charge < -0.3 is 19.7 Å². The molecule has 2 N–H and O–H groups in total. The molecule has 2 saturated carbocycles. The summed E-state index contributed by atoms with van der Waals surface area (Å²) in [5, 5.41) is 20.6. The molecule has 3 fully saturated rings. The fraction of sp³-hybridized carbons (Fsp3) is 0.875. The molecular formula is C24H39BrO5. The Bertz CT molecular complexity index is 592. The summed E-state index contributed by atoms with van der Waals surface area (Å²) in [4.78, 5) is 12.4.